The Morgan fingerprint density at radius 3 is 1.13 bits per heavy atom. The molecule has 0 aromatic carbocycles. The van der Waals surface area contributed by atoms with Gasteiger partial charge in [0.2, 0.25) is 0 Å². The van der Waals surface area contributed by atoms with Crippen LogP contribution in [-0.4, -0.2) is 10.7 Å². The lowest BCUT2D eigenvalue weighted by Crippen LogP contribution is -2.51. The molecule has 0 saturated heterocycles. The highest BCUT2D eigenvalue weighted by Gasteiger charge is 2.49. The third kappa shape index (κ3) is 3.48. The standard InChI is InChI=1S/C14H30O/c1-11(2,3)10-14(9,12(4,5)6)13(7,8)15/h15H,10H2,1-9H3. The Kier molecular flexibility index (Phi) is 3.75. The van der Waals surface area contributed by atoms with E-state index in [1.165, 1.54) is 0 Å². The van der Waals surface area contributed by atoms with Crippen molar-refractivity contribution in [3.8, 4) is 0 Å². The Morgan fingerprint density at radius 1 is 0.733 bits per heavy atom. The second kappa shape index (κ2) is 3.76. The van der Waals surface area contributed by atoms with Crippen molar-refractivity contribution in [3.05, 3.63) is 0 Å². The summed E-state index contributed by atoms with van der Waals surface area (Å²) in [4.78, 5) is 0. The van der Waals surface area contributed by atoms with Gasteiger partial charge < -0.3 is 5.11 Å². The molecule has 0 aliphatic heterocycles. The molecule has 0 aliphatic rings. The summed E-state index contributed by atoms with van der Waals surface area (Å²) in [6.45, 7) is 19.4. The molecule has 1 heteroatoms. The molecule has 1 atom stereocenters. The van der Waals surface area contributed by atoms with Crippen molar-refractivity contribution in [2.24, 2.45) is 16.2 Å². The van der Waals surface area contributed by atoms with Crippen molar-refractivity contribution in [3.63, 3.8) is 0 Å². The minimum absolute atomic E-state index is 0.0851. The van der Waals surface area contributed by atoms with Crippen LogP contribution < -0.4 is 0 Å². The highest BCUT2D eigenvalue weighted by molar-refractivity contribution is 4.99. The predicted octanol–water partition coefficient (Wildman–Crippen LogP) is 4.25. The Hall–Kier alpha value is -0.0400. The van der Waals surface area contributed by atoms with E-state index in [1.807, 2.05) is 13.8 Å². The molecule has 0 fully saturated rings. The van der Waals surface area contributed by atoms with Gasteiger partial charge in [-0.2, -0.15) is 0 Å². The second-order valence-corrected chi connectivity index (χ2v) is 7.88. The van der Waals surface area contributed by atoms with E-state index < -0.39 is 5.60 Å². The van der Waals surface area contributed by atoms with Crippen LogP contribution in [0.15, 0.2) is 0 Å². The summed E-state index contributed by atoms with van der Waals surface area (Å²) in [5, 5.41) is 10.4. The average Bonchev–Trinajstić information content (AvgIpc) is 1.77. The molecule has 0 spiro atoms. The van der Waals surface area contributed by atoms with Crippen molar-refractivity contribution in [1.29, 1.82) is 0 Å². The third-order valence-electron chi connectivity index (χ3n) is 3.89. The first kappa shape index (κ1) is 15.0. The van der Waals surface area contributed by atoms with Crippen molar-refractivity contribution >= 4 is 0 Å². The van der Waals surface area contributed by atoms with Crippen molar-refractivity contribution in [1.82, 2.24) is 0 Å². The maximum absolute atomic E-state index is 10.4. The molecule has 0 heterocycles. The normalized spacial score (nSPS) is 18.8. The van der Waals surface area contributed by atoms with Crippen LogP contribution in [0.1, 0.15) is 68.7 Å². The molecule has 1 nitrogen and oxygen atoms in total. The van der Waals surface area contributed by atoms with Crippen LogP contribution in [0, 0.1) is 16.2 Å². The van der Waals surface area contributed by atoms with Gasteiger partial charge >= 0.3 is 0 Å². The number of hydrogen-bond acceptors (Lipinski definition) is 1. The molecule has 15 heavy (non-hydrogen) atoms. The molecular weight excluding hydrogens is 184 g/mol. The number of hydrogen-bond donors (Lipinski definition) is 1. The smallest absolute Gasteiger partial charge is 0.0650 e. The van der Waals surface area contributed by atoms with E-state index in [1.54, 1.807) is 0 Å². The Labute approximate surface area is 96.3 Å². The van der Waals surface area contributed by atoms with Crippen molar-refractivity contribution < 1.29 is 5.11 Å². The Bertz CT molecular complexity index is 193. The molecule has 0 amide bonds. The van der Waals surface area contributed by atoms with Gasteiger partial charge in [0, 0.05) is 5.41 Å². The topological polar surface area (TPSA) is 20.2 Å². The first-order valence-electron chi connectivity index (χ1n) is 5.93. The molecule has 0 radical (unpaired) electrons. The summed E-state index contributed by atoms with van der Waals surface area (Å²) in [5.41, 5.74) is -0.405. The largest absolute Gasteiger partial charge is 0.390 e. The zero-order valence-electron chi connectivity index (χ0n) is 12.2. The van der Waals surface area contributed by atoms with Crippen molar-refractivity contribution in [2.75, 3.05) is 0 Å². The lowest BCUT2D eigenvalue weighted by molar-refractivity contribution is -0.126. The predicted molar refractivity (Wildman–Crippen MR) is 67.9 cm³/mol. The van der Waals surface area contributed by atoms with Gasteiger partial charge in [0.15, 0.2) is 0 Å². The molecule has 0 rings (SSSR count). The number of aliphatic hydroxyl groups is 1. The quantitative estimate of drug-likeness (QED) is 0.728. The fourth-order valence-electron chi connectivity index (χ4n) is 2.46. The van der Waals surface area contributed by atoms with E-state index in [9.17, 15) is 5.11 Å². The van der Waals surface area contributed by atoms with Gasteiger partial charge in [-0.3, -0.25) is 0 Å². The molecule has 1 unspecified atom stereocenters. The molecule has 0 aromatic heterocycles. The average molecular weight is 214 g/mol. The van der Waals surface area contributed by atoms with E-state index in [0.717, 1.165) is 6.42 Å². The minimum Gasteiger partial charge on any atom is -0.390 e. The zero-order valence-corrected chi connectivity index (χ0v) is 12.2. The lowest BCUT2D eigenvalue weighted by atomic mass is 9.54. The highest BCUT2D eigenvalue weighted by atomic mass is 16.3. The van der Waals surface area contributed by atoms with E-state index in [-0.39, 0.29) is 16.2 Å². The van der Waals surface area contributed by atoms with Gasteiger partial charge in [-0.05, 0) is 31.1 Å². The number of rotatable bonds is 2. The van der Waals surface area contributed by atoms with Gasteiger partial charge in [0.1, 0.15) is 0 Å². The van der Waals surface area contributed by atoms with E-state index >= 15 is 0 Å². The van der Waals surface area contributed by atoms with Gasteiger partial charge in [-0.15, -0.1) is 0 Å². The summed E-state index contributed by atoms with van der Waals surface area (Å²) in [7, 11) is 0. The van der Waals surface area contributed by atoms with Crippen LogP contribution in [0.4, 0.5) is 0 Å². The fourth-order valence-corrected chi connectivity index (χ4v) is 2.46. The molecule has 1 N–H and O–H groups in total. The van der Waals surface area contributed by atoms with Gasteiger partial charge in [-0.1, -0.05) is 48.5 Å². The van der Waals surface area contributed by atoms with Gasteiger partial charge in [-0.25, -0.2) is 0 Å². The van der Waals surface area contributed by atoms with Crippen LogP contribution in [0.2, 0.25) is 0 Å². The second-order valence-electron chi connectivity index (χ2n) is 7.88. The first-order chi connectivity index (χ1) is 6.21. The Morgan fingerprint density at radius 2 is 1.07 bits per heavy atom. The SMILES string of the molecule is CC(C)(C)CC(C)(C(C)(C)C)C(C)(C)O. The maximum Gasteiger partial charge on any atom is 0.0650 e. The summed E-state index contributed by atoms with van der Waals surface area (Å²) >= 11 is 0. The molecule has 0 saturated carbocycles. The fraction of sp³-hybridized carbons (Fsp3) is 1.00. The van der Waals surface area contributed by atoms with Crippen LogP contribution in [0.3, 0.4) is 0 Å². The summed E-state index contributed by atoms with van der Waals surface area (Å²) < 4.78 is 0. The highest BCUT2D eigenvalue weighted by Crippen LogP contribution is 2.52. The van der Waals surface area contributed by atoms with E-state index in [0.29, 0.717) is 0 Å². The van der Waals surface area contributed by atoms with Crippen LogP contribution in [0.25, 0.3) is 0 Å². The van der Waals surface area contributed by atoms with E-state index in [2.05, 4.69) is 48.5 Å². The molecule has 92 valence electrons. The first-order valence-corrected chi connectivity index (χ1v) is 5.93. The van der Waals surface area contributed by atoms with Crippen LogP contribution in [0.5, 0.6) is 0 Å². The molecule has 0 aliphatic carbocycles. The lowest BCUT2D eigenvalue weighted by Gasteiger charge is -2.53. The van der Waals surface area contributed by atoms with Crippen LogP contribution in [-0.2, 0) is 0 Å². The monoisotopic (exact) mass is 214 g/mol. The summed E-state index contributed by atoms with van der Waals surface area (Å²) in [6.07, 6.45) is 1.02. The Balaban J connectivity index is 5.26. The maximum atomic E-state index is 10.4. The van der Waals surface area contributed by atoms with E-state index in [4.69, 9.17) is 0 Å². The molecule has 0 bridgehead atoms. The zero-order chi connectivity index (χ0) is 12.7. The minimum atomic E-state index is -0.654. The summed E-state index contributed by atoms with van der Waals surface area (Å²) in [5.74, 6) is 0. The van der Waals surface area contributed by atoms with Gasteiger partial charge in [0.25, 0.3) is 0 Å². The molecular formula is C14H30O. The summed E-state index contributed by atoms with van der Waals surface area (Å²) in [6, 6.07) is 0. The van der Waals surface area contributed by atoms with Gasteiger partial charge in [0.05, 0.1) is 5.60 Å². The third-order valence-corrected chi connectivity index (χ3v) is 3.89. The van der Waals surface area contributed by atoms with Crippen molar-refractivity contribution in [2.45, 2.75) is 74.3 Å². The molecule has 0 aromatic rings. The van der Waals surface area contributed by atoms with Crippen LogP contribution >= 0.6 is 0 Å².